The number of rotatable bonds is 3. The highest BCUT2D eigenvalue weighted by molar-refractivity contribution is 5.50. The molecule has 0 aliphatic heterocycles. The highest BCUT2D eigenvalue weighted by Crippen LogP contribution is 2.19. The Morgan fingerprint density at radius 2 is 1.73 bits per heavy atom. The maximum Gasteiger partial charge on any atom is 0.228 e. The van der Waals surface area contributed by atoms with Gasteiger partial charge in [-0.3, -0.25) is 0 Å². The quantitative estimate of drug-likeness (QED) is 0.703. The Bertz CT molecular complexity index is 331. The van der Waals surface area contributed by atoms with Crippen molar-refractivity contribution in [3.8, 4) is 0 Å². The molecule has 0 N–H and O–H groups in total. The molecule has 0 bridgehead atoms. The van der Waals surface area contributed by atoms with E-state index in [-0.39, 0.29) is 0 Å². The molecule has 1 aromatic rings. The van der Waals surface area contributed by atoms with Crippen LogP contribution in [-0.2, 0) is 0 Å². The van der Waals surface area contributed by atoms with Crippen LogP contribution in [-0.4, -0.2) is 45.2 Å². The van der Waals surface area contributed by atoms with Gasteiger partial charge in [0.15, 0.2) is 5.82 Å². The summed E-state index contributed by atoms with van der Waals surface area (Å²) in [4.78, 5) is 12.3. The molecule has 0 aliphatic rings. The highest BCUT2D eigenvalue weighted by Gasteiger charge is 2.06. The Balaban J connectivity index is 3.20. The standard InChI is InChI=1S/C9H16N6/c1-10-13-7-6-8(14(2)3)12-9(11-7)15(4)5/h6H,1-5H3. The van der Waals surface area contributed by atoms with E-state index >= 15 is 0 Å². The van der Waals surface area contributed by atoms with Crippen LogP contribution in [0.4, 0.5) is 17.6 Å². The SMILES string of the molecule is CN=Nc1cc(N(C)C)nc(N(C)C)n1. The lowest BCUT2D eigenvalue weighted by atomic mass is 10.5. The Labute approximate surface area is 89.7 Å². The van der Waals surface area contributed by atoms with Gasteiger partial charge in [0.25, 0.3) is 0 Å². The van der Waals surface area contributed by atoms with Crippen LogP contribution in [0.3, 0.4) is 0 Å². The third kappa shape index (κ3) is 2.87. The van der Waals surface area contributed by atoms with Crippen LogP contribution in [0.5, 0.6) is 0 Å². The predicted octanol–water partition coefficient (Wildman–Crippen LogP) is 1.32. The molecule has 1 aromatic heterocycles. The summed E-state index contributed by atoms with van der Waals surface area (Å²) in [6.07, 6.45) is 0. The second kappa shape index (κ2) is 4.68. The fraction of sp³-hybridized carbons (Fsp3) is 0.556. The molecule has 0 unspecified atom stereocenters. The second-order valence-corrected chi connectivity index (χ2v) is 3.47. The van der Waals surface area contributed by atoms with Gasteiger partial charge < -0.3 is 9.80 Å². The van der Waals surface area contributed by atoms with Crippen LogP contribution in [0.1, 0.15) is 0 Å². The van der Waals surface area contributed by atoms with Crippen molar-refractivity contribution in [3.05, 3.63) is 6.07 Å². The van der Waals surface area contributed by atoms with Gasteiger partial charge in [0, 0.05) is 41.3 Å². The monoisotopic (exact) mass is 208 g/mol. The molecular weight excluding hydrogens is 192 g/mol. The van der Waals surface area contributed by atoms with Gasteiger partial charge in [0.2, 0.25) is 5.95 Å². The van der Waals surface area contributed by atoms with Gasteiger partial charge in [-0.1, -0.05) is 0 Å². The van der Waals surface area contributed by atoms with Crippen LogP contribution in [0.15, 0.2) is 16.3 Å². The number of aromatic nitrogens is 2. The van der Waals surface area contributed by atoms with Crippen molar-refractivity contribution in [1.82, 2.24) is 9.97 Å². The first-order valence-electron chi connectivity index (χ1n) is 4.58. The molecule has 0 aliphatic carbocycles. The Morgan fingerprint density at radius 3 is 2.20 bits per heavy atom. The molecule has 0 radical (unpaired) electrons. The first-order chi connectivity index (χ1) is 7.04. The van der Waals surface area contributed by atoms with E-state index in [1.54, 1.807) is 13.1 Å². The number of anilines is 2. The molecule has 82 valence electrons. The molecule has 0 spiro atoms. The minimum Gasteiger partial charge on any atom is -0.363 e. The fourth-order valence-corrected chi connectivity index (χ4v) is 0.993. The van der Waals surface area contributed by atoms with Gasteiger partial charge in [-0.15, -0.1) is 5.11 Å². The van der Waals surface area contributed by atoms with E-state index in [0.717, 1.165) is 5.82 Å². The lowest BCUT2D eigenvalue weighted by molar-refractivity contribution is 0.956. The highest BCUT2D eigenvalue weighted by atomic mass is 15.3. The van der Waals surface area contributed by atoms with Gasteiger partial charge in [0.05, 0.1) is 0 Å². The first-order valence-corrected chi connectivity index (χ1v) is 4.58. The topological polar surface area (TPSA) is 57.0 Å². The maximum atomic E-state index is 4.35. The van der Waals surface area contributed by atoms with E-state index in [1.165, 1.54) is 0 Å². The predicted molar refractivity (Wildman–Crippen MR) is 61.1 cm³/mol. The molecule has 0 saturated carbocycles. The summed E-state index contributed by atoms with van der Waals surface area (Å²) in [5.74, 6) is 2.01. The molecule has 1 heterocycles. The summed E-state index contributed by atoms with van der Waals surface area (Å²) in [6, 6.07) is 1.79. The van der Waals surface area contributed by atoms with Gasteiger partial charge in [-0.25, -0.2) is 0 Å². The third-order valence-electron chi connectivity index (χ3n) is 1.75. The maximum absolute atomic E-state index is 4.35. The van der Waals surface area contributed by atoms with Crippen molar-refractivity contribution in [2.75, 3.05) is 45.0 Å². The zero-order valence-electron chi connectivity index (χ0n) is 9.76. The second-order valence-electron chi connectivity index (χ2n) is 3.47. The van der Waals surface area contributed by atoms with E-state index in [4.69, 9.17) is 0 Å². The van der Waals surface area contributed by atoms with Crippen molar-refractivity contribution >= 4 is 17.6 Å². The molecule has 0 aromatic carbocycles. The van der Waals surface area contributed by atoms with Crippen LogP contribution < -0.4 is 9.80 Å². The molecule has 0 fully saturated rings. The zero-order chi connectivity index (χ0) is 11.4. The summed E-state index contributed by atoms with van der Waals surface area (Å²) < 4.78 is 0. The fourth-order valence-electron chi connectivity index (χ4n) is 0.993. The lowest BCUT2D eigenvalue weighted by Crippen LogP contribution is -2.16. The zero-order valence-corrected chi connectivity index (χ0v) is 9.76. The third-order valence-corrected chi connectivity index (χ3v) is 1.75. The average Bonchev–Trinajstić information content (AvgIpc) is 2.17. The van der Waals surface area contributed by atoms with Crippen LogP contribution in [0.25, 0.3) is 0 Å². The van der Waals surface area contributed by atoms with Gasteiger partial charge in [0.1, 0.15) is 5.82 Å². The van der Waals surface area contributed by atoms with Crippen molar-refractivity contribution in [3.63, 3.8) is 0 Å². The van der Waals surface area contributed by atoms with E-state index in [2.05, 4.69) is 20.2 Å². The normalized spacial score (nSPS) is 10.7. The largest absolute Gasteiger partial charge is 0.363 e. The van der Waals surface area contributed by atoms with Crippen LogP contribution in [0, 0.1) is 0 Å². The molecule has 0 saturated heterocycles. The molecule has 15 heavy (non-hydrogen) atoms. The molecular formula is C9H16N6. The summed E-state index contributed by atoms with van der Waals surface area (Å²) in [7, 11) is 9.25. The minimum atomic E-state index is 0.569. The lowest BCUT2D eigenvalue weighted by Gasteiger charge is -2.15. The van der Waals surface area contributed by atoms with Gasteiger partial charge >= 0.3 is 0 Å². The number of nitrogens with zero attached hydrogens (tertiary/aromatic N) is 6. The van der Waals surface area contributed by atoms with E-state index in [0.29, 0.717) is 11.8 Å². The van der Waals surface area contributed by atoms with Crippen molar-refractivity contribution < 1.29 is 0 Å². The average molecular weight is 208 g/mol. The number of hydrogen-bond acceptors (Lipinski definition) is 6. The van der Waals surface area contributed by atoms with Crippen LogP contribution in [0.2, 0.25) is 0 Å². The summed E-state index contributed by atoms with van der Waals surface area (Å²) >= 11 is 0. The summed E-state index contributed by atoms with van der Waals surface area (Å²) in [5.41, 5.74) is 0. The summed E-state index contributed by atoms with van der Waals surface area (Å²) in [5, 5.41) is 7.62. The first kappa shape index (κ1) is 11.4. The Kier molecular flexibility index (Phi) is 3.54. The Morgan fingerprint density at radius 1 is 1.07 bits per heavy atom. The molecule has 0 atom stereocenters. The van der Waals surface area contributed by atoms with E-state index in [1.807, 2.05) is 38.0 Å². The van der Waals surface area contributed by atoms with Gasteiger partial charge in [-0.2, -0.15) is 15.1 Å². The molecule has 6 nitrogen and oxygen atoms in total. The van der Waals surface area contributed by atoms with E-state index in [9.17, 15) is 0 Å². The van der Waals surface area contributed by atoms with Crippen molar-refractivity contribution in [1.29, 1.82) is 0 Å². The smallest absolute Gasteiger partial charge is 0.228 e. The molecule has 1 rings (SSSR count). The number of hydrogen-bond donors (Lipinski definition) is 0. The van der Waals surface area contributed by atoms with E-state index < -0.39 is 0 Å². The van der Waals surface area contributed by atoms with Crippen molar-refractivity contribution in [2.45, 2.75) is 0 Å². The minimum absolute atomic E-state index is 0.569. The van der Waals surface area contributed by atoms with Crippen molar-refractivity contribution in [2.24, 2.45) is 10.2 Å². The Hall–Kier alpha value is -1.72. The summed E-state index contributed by atoms with van der Waals surface area (Å²) in [6.45, 7) is 0. The van der Waals surface area contributed by atoms with Gasteiger partial charge in [-0.05, 0) is 0 Å². The van der Waals surface area contributed by atoms with Crippen LogP contribution >= 0.6 is 0 Å². The molecule has 0 amide bonds. The molecule has 6 heteroatoms. The number of azo groups is 1.